The lowest BCUT2D eigenvalue weighted by molar-refractivity contribution is -0.137. The predicted octanol–water partition coefficient (Wildman–Crippen LogP) is 4.75. The van der Waals surface area contributed by atoms with E-state index in [0.29, 0.717) is 28.7 Å². The molecule has 0 amide bonds. The molecule has 0 radical (unpaired) electrons. The highest BCUT2D eigenvalue weighted by atomic mass is 19.4. The lowest BCUT2D eigenvalue weighted by Crippen LogP contribution is -2.19. The van der Waals surface area contributed by atoms with Crippen molar-refractivity contribution in [2.75, 3.05) is 17.3 Å². The Hall–Kier alpha value is -4.11. The van der Waals surface area contributed by atoms with Gasteiger partial charge in [-0.1, -0.05) is 0 Å². The molecule has 0 unspecified atom stereocenters. The summed E-state index contributed by atoms with van der Waals surface area (Å²) >= 11 is 0. The smallest absolute Gasteiger partial charge is 0.329 e. The third kappa shape index (κ3) is 4.42. The van der Waals surface area contributed by atoms with Crippen LogP contribution in [0.2, 0.25) is 0 Å². The zero-order valence-electron chi connectivity index (χ0n) is 15.1. The Kier molecular flexibility index (Phi) is 5.33. The van der Waals surface area contributed by atoms with Crippen LogP contribution in [0.1, 0.15) is 16.7 Å². The zero-order valence-corrected chi connectivity index (χ0v) is 15.1. The van der Waals surface area contributed by atoms with Crippen molar-refractivity contribution in [2.45, 2.75) is 6.18 Å². The molecule has 0 aliphatic rings. The van der Waals surface area contributed by atoms with Gasteiger partial charge in [0.1, 0.15) is 5.56 Å². The van der Waals surface area contributed by atoms with Gasteiger partial charge in [0.25, 0.3) is 0 Å². The second kappa shape index (κ2) is 7.87. The van der Waals surface area contributed by atoms with Gasteiger partial charge >= 0.3 is 6.18 Å². The molecule has 0 atom stereocenters. The summed E-state index contributed by atoms with van der Waals surface area (Å²) in [4.78, 5) is 9.09. The van der Waals surface area contributed by atoms with E-state index >= 15 is 0 Å². The standard InChI is InChI=1S/C20H13F3N6/c1-29(16-8-4-14(11-25)5-9-16)18-17(20(21,22)23)12-26-19(28-18)27-15-6-2-13(10-24)3-7-15/h2-9,12H,1H3,(H,26,27,28). The number of halogens is 3. The van der Waals surface area contributed by atoms with Crippen LogP contribution >= 0.6 is 0 Å². The van der Waals surface area contributed by atoms with Crippen molar-refractivity contribution in [3.63, 3.8) is 0 Å². The number of hydrogen-bond donors (Lipinski definition) is 1. The van der Waals surface area contributed by atoms with Gasteiger partial charge in [-0.15, -0.1) is 0 Å². The van der Waals surface area contributed by atoms with E-state index in [-0.39, 0.29) is 11.8 Å². The normalized spacial score (nSPS) is 10.7. The number of benzene rings is 2. The zero-order chi connectivity index (χ0) is 21.0. The highest BCUT2D eigenvalue weighted by Gasteiger charge is 2.36. The van der Waals surface area contributed by atoms with E-state index in [9.17, 15) is 13.2 Å². The minimum Gasteiger partial charge on any atom is -0.329 e. The van der Waals surface area contributed by atoms with Crippen molar-refractivity contribution >= 4 is 23.1 Å². The van der Waals surface area contributed by atoms with Gasteiger partial charge in [-0.3, -0.25) is 0 Å². The monoisotopic (exact) mass is 394 g/mol. The van der Waals surface area contributed by atoms with E-state index < -0.39 is 11.7 Å². The maximum Gasteiger partial charge on any atom is 0.421 e. The maximum absolute atomic E-state index is 13.5. The van der Waals surface area contributed by atoms with Gasteiger partial charge in [-0.25, -0.2) is 4.98 Å². The molecule has 3 aromatic rings. The first-order chi connectivity index (χ1) is 13.8. The quantitative estimate of drug-likeness (QED) is 0.687. The van der Waals surface area contributed by atoms with Gasteiger partial charge < -0.3 is 10.2 Å². The van der Waals surface area contributed by atoms with Crippen LogP contribution in [0.4, 0.5) is 36.3 Å². The summed E-state index contributed by atoms with van der Waals surface area (Å²) in [7, 11) is 1.45. The summed E-state index contributed by atoms with van der Waals surface area (Å²) in [5.41, 5.74) is 0.803. The first kappa shape index (κ1) is 19.6. The van der Waals surface area contributed by atoms with Crippen molar-refractivity contribution in [2.24, 2.45) is 0 Å². The Morgan fingerprint density at radius 1 is 0.931 bits per heavy atom. The van der Waals surface area contributed by atoms with Gasteiger partial charge in [0.2, 0.25) is 5.95 Å². The molecule has 0 aliphatic carbocycles. The van der Waals surface area contributed by atoms with Crippen molar-refractivity contribution in [3.05, 3.63) is 71.4 Å². The van der Waals surface area contributed by atoms with Gasteiger partial charge in [-0.2, -0.15) is 28.7 Å². The number of aromatic nitrogens is 2. The molecule has 0 aliphatic heterocycles. The molecule has 144 valence electrons. The molecular formula is C20H13F3N6. The fourth-order valence-corrected chi connectivity index (χ4v) is 2.53. The Bertz CT molecular complexity index is 1090. The van der Waals surface area contributed by atoms with Crippen molar-refractivity contribution < 1.29 is 13.2 Å². The second-order valence-electron chi connectivity index (χ2n) is 5.96. The molecule has 0 saturated carbocycles. The highest BCUT2D eigenvalue weighted by Crippen LogP contribution is 2.37. The predicted molar refractivity (Wildman–Crippen MR) is 101 cm³/mol. The lowest BCUT2D eigenvalue weighted by Gasteiger charge is -2.23. The fourth-order valence-electron chi connectivity index (χ4n) is 2.53. The first-order valence-corrected chi connectivity index (χ1v) is 8.27. The van der Waals surface area contributed by atoms with Gasteiger partial charge in [-0.05, 0) is 48.5 Å². The molecule has 3 rings (SSSR count). The molecule has 1 aromatic heterocycles. The van der Waals surface area contributed by atoms with E-state index in [1.54, 1.807) is 24.3 Å². The third-order valence-electron chi connectivity index (χ3n) is 4.05. The highest BCUT2D eigenvalue weighted by molar-refractivity contribution is 5.65. The summed E-state index contributed by atoms with van der Waals surface area (Å²) in [5, 5.41) is 20.6. The number of alkyl halides is 3. The van der Waals surface area contributed by atoms with Gasteiger partial charge in [0, 0.05) is 24.6 Å². The number of nitrogens with zero attached hydrogens (tertiary/aromatic N) is 5. The third-order valence-corrected chi connectivity index (χ3v) is 4.05. The minimum atomic E-state index is -4.65. The summed E-state index contributed by atoms with van der Waals surface area (Å²) in [6, 6.07) is 16.4. The van der Waals surface area contributed by atoms with Crippen LogP contribution in [0.5, 0.6) is 0 Å². The van der Waals surface area contributed by atoms with Crippen molar-refractivity contribution in [3.8, 4) is 12.1 Å². The van der Waals surface area contributed by atoms with E-state index in [4.69, 9.17) is 10.5 Å². The van der Waals surface area contributed by atoms with Crippen LogP contribution in [0.15, 0.2) is 54.7 Å². The number of anilines is 4. The summed E-state index contributed by atoms with van der Waals surface area (Å²) < 4.78 is 40.5. The Morgan fingerprint density at radius 3 is 2.00 bits per heavy atom. The fraction of sp³-hybridized carbons (Fsp3) is 0.100. The van der Waals surface area contributed by atoms with Crippen LogP contribution in [0.3, 0.4) is 0 Å². The van der Waals surface area contributed by atoms with Crippen LogP contribution in [-0.2, 0) is 6.18 Å². The average Bonchev–Trinajstić information content (AvgIpc) is 2.73. The van der Waals surface area contributed by atoms with Crippen molar-refractivity contribution in [1.29, 1.82) is 10.5 Å². The second-order valence-corrected chi connectivity index (χ2v) is 5.96. The Labute approximate surface area is 164 Å². The lowest BCUT2D eigenvalue weighted by atomic mass is 10.2. The molecule has 1 N–H and O–H groups in total. The first-order valence-electron chi connectivity index (χ1n) is 8.27. The Morgan fingerprint density at radius 2 is 1.48 bits per heavy atom. The van der Waals surface area contributed by atoms with E-state index in [0.717, 1.165) is 0 Å². The Balaban J connectivity index is 1.99. The molecule has 29 heavy (non-hydrogen) atoms. The van der Waals surface area contributed by atoms with Gasteiger partial charge in [0.15, 0.2) is 5.82 Å². The topological polar surface area (TPSA) is 88.6 Å². The van der Waals surface area contributed by atoms with Crippen LogP contribution < -0.4 is 10.2 Å². The molecule has 6 nitrogen and oxygen atoms in total. The van der Waals surface area contributed by atoms with Crippen LogP contribution in [0.25, 0.3) is 0 Å². The number of hydrogen-bond acceptors (Lipinski definition) is 6. The van der Waals surface area contributed by atoms with E-state index in [1.165, 1.54) is 36.2 Å². The van der Waals surface area contributed by atoms with Crippen molar-refractivity contribution in [1.82, 2.24) is 9.97 Å². The van der Waals surface area contributed by atoms with Crippen LogP contribution in [0, 0.1) is 22.7 Å². The molecule has 1 heterocycles. The molecular weight excluding hydrogens is 381 g/mol. The van der Waals surface area contributed by atoms with Gasteiger partial charge in [0.05, 0.1) is 23.3 Å². The number of nitriles is 2. The SMILES string of the molecule is CN(c1ccc(C#N)cc1)c1nc(Nc2ccc(C#N)cc2)ncc1C(F)(F)F. The van der Waals surface area contributed by atoms with E-state index in [2.05, 4.69) is 15.3 Å². The average molecular weight is 394 g/mol. The molecule has 0 bridgehead atoms. The summed E-state index contributed by atoms with van der Waals surface area (Å²) in [6.45, 7) is 0. The van der Waals surface area contributed by atoms with E-state index in [1.807, 2.05) is 12.1 Å². The van der Waals surface area contributed by atoms with Crippen LogP contribution in [-0.4, -0.2) is 17.0 Å². The molecule has 9 heteroatoms. The maximum atomic E-state index is 13.5. The largest absolute Gasteiger partial charge is 0.421 e. The number of rotatable bonds is 4. The molecule has 0 spiro atoms. The number of nitrogens with one attached hydrogen (secondary N) is 1. The minimum absolute atomic E-state index is 0.0294. The molecule has 0 saturated heterocycles. The molecule has 2 aromatic carbocycles. The molecule has 0 fully saturated rings. The summed E-state index contributed by atoms with van der Waals surface area (Å²) in [5.74, 6) is -0.369. The summed E-state index contributed by atoms with van der Waals surface area (Å²) in [6.07, 6.45) is -3.93.